The number of ether oxygens (including phenoxy) is 1. The molecular weight excluding hydrogens is 412 g/mol. The van der Waals surface area contributed by atoms with Crippen LogP contribution in [0.1, 0.15) is 79.1 Å². The predicted octanol–water partition coefficient (Wildman–Crippen LogP) is 5.33. The highest BCUT2D eigenvalue weighted by Crippen LogP contribution is 2.66. The second-order valence-corrected chi connectivity index (χ2v) is 12.5. The van der Waals surface area contributed by atoms with Gasteiger partial charge in [-0.05, 0) is 91.9 Å². The smallest absolute Gasteiger partial charge is 0.161 e. The fraction of sp³-hybridized carbons (Fsp3) is 0.828. The van der Waals surface area contributed by atoms with Crippen molar-refractivity contribution in [2.24, 2.45) is 46.3 Å². The molecule has 3 fully saturated rings. The van der Waals surface area contributed by atoms with Crippen molar-refractivity contribution in [1.29, 1.82) is 0 Å². The number of aliphatic hydroxyl groups is 2. The second kappa shape index (κ2) is 9.24. The molecule has 4 aliphatic rings. The van der Waals surface area contributed by atoms with Gasteiger partial charge < -0.3 is 14.9 Å². The fourth-order valence-electron chi connectivity index (χ4n) is 8.65. The minimum absolute atomic E-state index is 0.0548. The van der Waals surface area contributed by atoms with Crippen LogP contribution >= 0.6 is 0 Å². The van der Waals surface area contributed by atoms with Crippen molar-refractivity contribution in [3.8, 4) is 0 Å². The summed E-state index contributed by atoms with van der Waals surface area (Å²) in [5.74, 6) is 2.16. The van der Waals surface area contributed by atoms with E-state index in [-0.39, 0.29) is 16.6 Å². The summed E-state index contributed by atoms with van der Waals surface area (Å²) >= 11 is 0. The van der Waals surface area contributed by atoms with E-state index in [2.05, 4.69) is 34.3 Å². The molecule has 4 nitrogen and oxygen atoms in total. The summed E-state index contributed by atoms with van der Waals surface area (Å²) in [4.78, 5) is 13.3. The monoisotopic (exact) mass is 458 g/mol. The average Bonchev–Trinajstić information content (AvgIpc) is 3.12. The standard InChI is InChI=1S/C29H46O4/c1-17(19(3)16-33-6)7-8-18(2)21-9-10-22-20-15-25(31)26-27(32)24(30)12-14-29(26,5)23(20)11-13-28(21,22)4/h15,18-19,21-24,26-27,30,32H,1,7-14,16H2,2-6H3/t18-,19?,21-,22+,23+,24+,26+,27-,28-,29-/m1/s1. The van der Waals surface area contributed by atoms with Crippen LogP contribution in [0.5, 0.6) is 0 Å². The molecule has 4 heteroatoms. The zero-order chi connectivity index (χ0) is 24.1. The van der Waals surface area contributed by atoms with E-state index >= 15 is 0 Å². The van der Waals surface area contributed by atoms with Crippen molar-refractivity contribution in [2.45, 2.75) is 91.3 Å². The third-order valence-corrected chi connectivity index (χ3v) is 10.7. The van der Waals surface area contributed by atoms with Gasteiger partial charge >= 0.3 is 0 Å². The fourth-order valence-corrected chi connectivity index (χ4v) is 8.65. The SMILES string of the molecule is C=C(CC[C@@H](C)[C@H]1CC[C@H]2C3=CC(=O)[C@H]4[C@H](O)[C@@H](O)CC[C@]4(C)[C@H]3CC[C@]12C)C(C)COC. The predicted molar refractivity (Wildman–Crippen MR) is 132 cm³/mol. The van der Waals surface area contributed by atoms with Crippen molar-refractivity contribution in [2.75, 3.05) is 13.7 Å². The summed E-state index contributed by atoms with van der Waals surface area (Å²) in [5, 5.41) is 21.0. The van der Waals surface area contributed by atoms with Crippen LogP contribution in [0.15, 0.2) is 23.8 Å². The number of rotatable bonds is 7. The molecule has 4 rings (SSSR count). The first kappa shape index (κ1) is 25.1. The van der Waals surface area contributed by atoms with E-state index in [4.69, 9.17) is 4.74 Å². The van der Waals surface area contributed by atoms with Crippen molar-refractivity contribution >= 4 is 5.78 Å². The lowest BCUT2D eigenvalue weighted by atomic mass is 9.47. The summed E-state index contributed by atoms with van der Waals surface area (Å²) in [7, 11) is 1.76. The third-order valence-electron chi connectivity index (χ3n) is 10.7. The van der Waals surface area contributed by atoms with E-state index < -0.39 is 18.1 Å². The number of hydrogen-bond acceptors (Lipinski definition) is 4. The molecule has 0 amide bonds. The summed E-state index contributed by atoms with van der Waals surface area (Å²) in [6.45, 7) is 14.4. The van der Waals surface area contributed by atoms with E-state index in [0.29, 0.717) is 36.0 Å². The van der Waals surface area contributed by atoms with Crippen LogP contribution in [0.25, 0.3) is 0 Å². The molecule has 0 aromatic carbocycles. The van der Waals surface area contributed by atoms with Crippen molar-refractivity contribution < 1.29 is 19.7 Å². The van der Waals surface area contributed by atoms with E-state index in [1.165, 1.54) is 36.8 Å². The Morgan fingerprint density at radius 1 is 1.12 bits per heavy atom. The van der Waals surface area contributed by atoms with Gasteiger partial charge in [0.15, 0.2) is 5.78 Å². The van der Waals surface area contributed by atoms with Gasteiger partial charge in [-0.25, -0.2) is 0 Å². The first-order valence-corrected chi connectivity index (χ1v) is 13.3. The largest absolute Gasteiger partial charge is 0.390 e. The minimum Gasteiger partial charge on any atom is -0.390 e. The molecule has 2 N–H and O–H groups in total. The average molecular weight is 459 g/mol. The van der Waals surface area contributed by atoms with Crippen LogP contribution in [0.3, 0.4) is 0 Å². The molecule has 0 spiro atoms. The number of carbonyl (C=O) groups excluding carboxylic acids is 1. The first-order valence-electron chi connectivity index (χ1n) is 13.3. The van der Waals surface area contributed by atoms with E-state index in [1.807, 2.05) is 6.08 Å². The molecule has 0 aromatic rings. The molecule has 0 heterocycles. The third kappa shape index (κ3) is 4.08. The topological polar surface area (TPSA) is 66.8 Å². The number of methoxy groups -OCH3 is 1. The van der Waals surface area contributed by atoms with Gasteiger partial charge in [-0.15, -0.1) is 0 Å². The number of ketones is 1. The van der Waals surface area contributed by atoms with Gasteiger partial charge in [0.25, 0.3) is 0 Å². The van der Waals surface area contributed by atoms with Gasteiger partial charge in [0, 0.05) is 13.0 Å². The lowest BCUT2D eigenvalue weighted by Gasteiger charge is -2.58. The van der Waals surface area contributed by atoms with Gasteiger partial charge in [-0.2, -0.15) is 0 Å². The normalized spacial score (nSPS) is 44.3. The maximum atomic E-state index is 13.3. The van der Waals surface area contributed by atoms with Crippen LogP contribution in [-0.2, 0) is 9.53 Å². The second-order valence-electron chi connectivity index (χ2n) is 12.5. The Morgan fingerprint density at radius 2 is 1.79 bits per heavy atom. The Balaban J connectivity index is 1.51. The molecule has 0 bridgehead atoms. The summed E-state index contributed by atoms with van der Waals surface area (Å²) in [6, 6.07) is 0. The Morgan fingerprint density at radius 3 is 2.48 bits per heavy atom. The minimum atomic E-state index is -0.924. The first-order chi connectivity index (χ1) is 15.5. The van der Waals surface area contributed by atoms with E-state index in [9.17, 15) is 15.0 Å². The molecular formula is C29H46O4. The molecule has 4 aliphatic carbocycles. The summed E-state index contributed by atoms with van der Waals surface area (Å²) in [5.41, 5.74) is 2.70. The van der Waals surface area contributed by atoms with Gasteiger partial charge in [-0.1, -0.05) is 45.4 Å². The van der Waals surface area contributed by atoms with Crippen LogP contribution in [0.4, 0.5) is 0 Å². The highest BCUT2D eigenvalue weighted by atomic mass is 16.5. The maximum absolute atomic E-state index is 13.3. The molecule has 1 unspecified atom stereocenters. The van der Waals surface area contributed by atoms with Crippen LogP contribution in [0.2, 0.25) is 0 Å². The Kier molecular flexibility index (Phi) is 7.04. The summed E-state index contributed by atoms with van der Waals surface area (Å²) in [6.07, 6.45) is 8.59. The number of aliphatic hydroxyl groups excluding tert-OH is 2. The highest BCUT2D eigenvalue weighted by molar-refractivity contribution is 5.95. The quantitative estimate of drug-likeness (QED) is 0.506. The number of allylic oxidation sites excluding steroid dienone is 2. The molecule has 0 radical (unpaired) electrons. The number of fused-ring (bicyclic) bond motifs is 5. The molecule has 186 valence electrons. The Hall–Kier alpha value is -0.970. The van der Waals surface area contributed by atoms with Crippen LogP contribution in [-0.4, -0.2) is 41.9 Å². The van der Waals surface area contributed by atoms with Gasteiger partial charge in [0.05, 0.1) is 24.7 Å². The molecule has 0 aliphatic heterocycles. The maximum Gasteiger partial charge on any atom is 0.161 e. The molecule has 0 aromatic heterocycles. The molecule has 10 atom stereocenters. The van der Waals surface area contributed by atoms with E-state index in [1.54, 1.807) is 7.11 Å². The highest BCUT2D eigenvalue weighted by Gasteiger charge is 2.61. The number of hydrogen-bond donors (Lipinski definition) is 2. The zero-order valence-corrected chi connectivity index (χ0v) is 21.5. The van der Waals surface area contributed by atoms with Gasteiger partial charge in [0.2, 0.25) is 0 Å². The van der Waals surface area contributed by atoms with Gasteiger partial charge in [-0.3, -0.25) is 4.79 Å². The molecule has 3 saturated carbocycles. The lowest BCUT2D eigenvalue weighted by Crippen LogP contribution is -2.58. The molecule has 0 saturated heterocycles. The number of carbonyl (C=O) groups is 1. The van der Waals surface area contributed by atoms with Crippen LogP contribution in [0, 0.1) is 46.3 Å². The lowest BCUT2D eigenvalue weighted by molar-refractivity contribution is -0.153. The van der Waals surface area contributed by atoms with E-state index in [0.717, 1.165) is 25.9 Å². The van der Waals surface area contributed by atoms with Crippen LogP contribution < -0.4 is 0 Å². The summed E-state index contributed by atoms with van der Waals surface area (Å²) < 4.78 is 5.31. The van der Waals surface area contributed by atoms with Crippen molar-refractivity contribution in [1.82, 2.24) is 0 Å². The zero-order valence-electron chi connectivity index (χ0n) is 21.5. The Bertz CT molecular complexity index is 801. The van der Waals surface area contributed by atoms with Crippen molar-refractivity contribution in [3.05, 3.63) is 23.8 Å². The van der Waals surface area contributed by atoms with Gasteiger partial charge in [0.1, 0.15) is 0 Å². The van der Waals surface area contributed by atoms with Crippen molar-refractivity contribution in [3.63, 3.8) is 0 Å². The Labute approximate surface area is 200 Å². The molecule has 33 heavy (non-hydrogen) atoms.